The quantitative estimate of drug-likeness (QED) is 0.724. The number of anilines is 1. The summed E-state index contributed by atoms with van der Waals surface area (Å²) in [5, 5.41) is 5.25. The average molecular weight is 401 g/mol. The van der Waals surface area contributed by atoms with Crippen molar-refractivity contribution in [3.8, 4) is 17.4 Å². The van der Waals surface area contributed by atoms with Crippen LogP contribution < -0.4 is 20.1 Å². The summed E-state index contributed by atoms with van der Waals surface area (Å²) in [6.45, 7) is 7.06. The van der Waals surface area contributed by atoms with E-state index in [-0.39, 0.29) is 0 Å². The van der Waals surface area contributed by atoms with Crippen molar-refractivity contribution in [3.63, 3.8) is 0 Å². The minimum Gasteiger partial charge on any atom is -0.497 e. The van der Waals surface area contributed by atoms with Crippen LogP contribution in [0.4, 0.5) is 10.6 Å². The highest BCUT2D eigenvalue weighted by molar-refractivity contribution is 5.95. The number of nitrogens with zero attached hydrogens (tertiary/aromatic N) is 1. The molecule has 8 nitrogen and oxygen atoms in total. The third kappa shape index (κ3) is 7.33. The SMILES string of the molecule is CC[C@@H](NC(=O)OC(C)(C)C)C(=O)Nc1cccc(Oc2ccc(OC)cc2)n1. The van der Waals surface area contributed by atoms with Crippen molar-refractivity contribution in [1.29, 1.82) is 0 Å². The van der Waals surface area contributed by atoms with E-state index in [0.717, 1.165) is 5.75 Å². The van der Waals surface area contributed by atoms with Gasteiger partial charge < -0.3 is 24.8 Å². The second-order valence-corrected chi connectivity index (χ2v) is 7.23. The fraction of sp³-hybridized carbons (Fsp3) is 0.381. The Balaban J connectivity index is 2.00. The molecule has 0 radical (unpaired) electrons. The Kier molecular flexibility index (Phi) is 7.41. The number of carbonyl (C=O) groups excluding carboxylic acids is 2. The van der Waals surface area contributed by atoms with E-state index in [9.17, 15) is 9.59 Å². The number of rotatable bonds is 7. The van der Waals surface area contributed by atoms with Gasteiger partial charge in [0, 0.05) is 6.07 Å². The lowest BCUT2D eigenvalue weighted by atomic mass is 10.2. The molecule has 0 unspecified atom stereocenters. The van der Waals surface area contributed by atoms with E-state index in [0.29, 0.717) is 23.9 Å². The van der Waals surface area contributed by atoms with E-state index in [2.05, 4.69) is 15.6 Å². The molecule has 2 N–H and O–H groups in total. The summed E-state index contributed by atoms with van der Waals surface area (Å²) in [5.74, 6) is 1.54. The van der Waals surface area contributed by atoms with E-state index >= 15 is 0 Å². The molecule has 2 amide bonds. The van der Waals surface area contributed by atoms with Gasteiger partial charge in [0.05, 0.1) is 7.11 Å². The van der Waals surface area contributed by atoms with Crippen molar-refractivity contribution in [2.24, 2.45) is 0 Å². The van der Waals surface area contributed by atoms with Gasteiger partial charge in [0.15, 0.2) is 0 Å². The number of benzene rings is 1. The van der Waals surface area contributed by atoms with Gasteiger partial charge in [0.1, 0.15) is 29.0 Å². The highest BCUT2D eigenvalue weighted by Crippen LogP contribution is 2.23. The molecule has 2 aromatic rings. The van der Waals surface area contributed by atoms with E-state index in [1.165, 1.54) is 0 Å². The molecule has 0 fully saturated rings. The van der Waals surface area contributed by atoms with Gasteiger partial charge in [-0.05, 0) is 57.5 Å². The number of methoxy groups -OCH3 is 1. The summed E-state index contributed by atoms with van der Waals surface area (Å²) in [4.78, 5) is 28.7. The maximum atomic E-state index is 12.5. The molecule has 0 saturated carbocycles. The van der Waals surface area contributed by atoms with Gasteiger partial charge in [0.2, 0.25) is 11.8 Å². The first kappa shape index (κ1) is 22.0. The normalized spacial score (nSPS) is 11.9. The number of alkyl carbamates (subject to hydrolysis) is 1. The minimum atomic E-state index is -0.752. The van der Waals surface area contributed by atoms with Crippen molar-refractivity contribution in [2.45, 2.75) is 45.8 Å². The number of pyridine rings is 1. The molecule has 0 bridgehead atoms. The Labute approximate surface area is 170 Å². The van der Waals surface area contributed by atoms with Gasteiger partial charge in [0.25, 0.3) is 0 Å². The summed E-state index contributed by atoms with van der Waals surface area (Å²) in [7, 11) is 1.59. The fourth-order valence-corrected chi connectivity index (χ4v) is 2.32. The molecule has 1 atom stereocenters. The summed E-state index contributed by atoms with van der Waals surface area (Å²) in [6, 6.07) is 11.3. The number of hydrogen-bond donors (Lipinski definition) is 2. The molecule has 29 heavy (non-hydrogen) atoms. The van der Waals surface area contributed by atoms with Gasteiger partial charge in [-0.25, -0.2) is 4.79 Å². The molecule has 2 rings (SSSR count). The van der Waals surface area contributed by atoms with Crippen LogP contribution in [-0.2, 0) is 9.53 Å². The number of aromatic nitrogens is 1. The molecule has 0 aliphatic rings. The van der Waals surface area contributed by atoms with Crippen LogP contribution in [-0.4, -0.2) is 35.7 Å². The lowest BCUT2D eigenvalue weighted by molar-refractivity contribution is -0.118. The van der Waals surface area contributed by atoms with Gasteiger partial charge in [-0.1, -0.05) is 13.0 Å². The summed E-state index contributed by atoms with van der Waals surface area (Å²) in [5.41, 5.74) is -0.645. The lowest BCUT2D eigenvalue weighted by Crippen LogP contribution is -2.45. The van der Waals surface area contributed by atoms with Crippen LogP contribution >= 0.6 is 0 Å². The Morgan fingerprint density at radius 3 is 2.31 bits per heavy atom. The lowest BCUT2D eigenvalue weighted by Gasteiger charge is -2.22. The monoisotopic (exact) mass is 401 g/mol. The zero-order valence-electron chi connectivity index (χ0n) is 17.3. The topological polar surface area (TPSA) is 98.8 Å². The highest BCUT2D eigenvalue weighted by atomic mass is 16.6. The largest absolute Gasteiger partial charge is 0.497 e. The molecule has 1 aromatic carbocycles. The minimum absolute atomic E-state index is 0.311. The fourth-order valence-electron chi connectivity index (χ4n) is 2.32. The van der Waals surface area contributed by atoms with Crippen LogP contribution in [0.2, 0.25) is 0 Å². The third-order valence-corrected chi connectivity index (χ3v) is 3.67. The van der Waals surface area contributed by atoms with Crippen LogP contribution in [0, 0.1) is 0 Å². The maximum absolute atomic E-state index is 12.5. The van der Waals surface area contributed by atoms with E-state index < -0.39 is 23.6 Å². The van der Waals surface area contributed by atoms with E-state index in [4.69, 9.17) is 14.2 Å². The first-order valence-electron chi connectivity index (χ1n) is 9.29. The third-order valence-electron chi connectivity index (χ3n) is 3.67. The predicted octanol–water partition coefficient (Wildman–Crippen LogP) is 4.12. The van der Waals surface area contributed by atoms with Crippen molar-refractivity contribution in [2.75, 3.05) is 12.4 Å². The van der Waals surface area contributed by atoms with Crippen molar-refractivity contribution in [1.82, 2.24) is 10.3 Å². The summed E-state index contributed by atoms with van der Waals surface area (Å²) < 4.78 is 16.0. The smallest absolute Gasteiger partial charge is 0.408 e. The van der Waals surface area contributed by atoms with Gasteiger partial charge >= 0.3 is 6.09 Å². The Hall–Kier alpha value is -3.29. The van der Waals surface area contributed by atoms with Crippen LogP contribution in [0.3, 0.4) is 0 Å². The first-order valence-corrected chi connectivity index (χ1v) is 9.29. The molecule has 0 aliphatic carbocycles. The number of nitrogens with one attached hydrogen (secondary N) is 2. The molecule has 0 spiro atoms. The zero-order valence-corrected chi connectivity index (χ0v) is 17.3. The van der Waals surface area contributed by atoms with Crippen LogP contribution in [0.25, 0.3) is 0 Å². The van der Waals surface area contributed by atoms with Crippen molar-refractivity contribution >= 4 is 17.8 Å². The Morgan fingerprint density at radius 1 is 1.07 bits per heavy atom. The van der Waals surface area contributed by atoms with Gasteiger partial charge in [-0.2, -0.15) is 4.98 Å². The Morgan fingerprint density at radius 2 is 1.72 bits per heavy atom. The number of ether oxygens (including phenoxy) is 3. The summed E-state index contributed by atoms with van der Waals surface area (Å²) >= 11 is 0. The van der Waals surface area contributed by atoms with Crippen LogP contribution in [0.1, 0.15) is 34.1 Å². The second-order valence-electron chi connectivity index (χ2n) is 7.23. The molecule has 0 saturated heterocycles. The summed E-state index contributed by atoms with van der Waals surface area (Å²) in [6.07, 6.45) is -0.253. The molecule has 1 aromatic heterocycles. The van der Waals surface area contributed by atoms with Gasteiger partial charge in [-0.3, -0.25) is 4.79 Å². The number of hydrogen-bond acceptors (Lipinski definition) is 6. The van der Waals surface area contributed by atoms with Crippen molar-refractivity contribution in [3.05, 3.63) is 42.5 Å². The number of amides is 2. The molecule has 0 aliphatic heterocycles. The second kappa shape index (κ2) is 9.77. The zero-order chi connectivity index (χ0) is 21.4. The first-order chi connectivity index (χ1) is 13.7. The number of carbonyl (C=O) groups is 2. The van der Waals surface area contributed by atoms with E-state index in [1.807, 2.05) is 0 Å². The molecule has 1 heterocycles. The standard InChI is InChI=1S/C21H27N3O5/c1-6-16(22-20(26)29-21(2,3)4)19(25)24-17-8-7-9-18(23-17)28-15-12-10-14(27-5)11-13-15/h7-13,16H,6H2,1-5H3,(H,22,26)(H,23,24,25)/t16-/m1/s1. The molecule has 156 valence electrons. The predicted molar refractivity (Wildman–Crippen MR) is 109 cm³/mol. The highest BCUT2D eigenvalue weighted by Gasteiger charge is 2.23. The van der Waals surface area contributed by atoms with Crippen LogP contribution in [0.15, 0.2) is 42.5 Å². The van der Waals surface area contributed by atoms with Crippen LogP contribution in [0.5, 0.6) is 17.4 Å². The molecular weight excluding hydrogens is 374 g/mol. The Bertz CT molecular complexity index is 831. The maximum Gasteiger partial charge on any atom is 0.408 e. The van der Waals surface area contributed by atoms with Gasteiger partial charge in [-0.15, -0.1) is 0 Å². The molecular formula is C21H27N3O5. The molecule has 8 heteroatoms. The van der Waals surface area contributed by atoms with E-state index in [1.54, 1.807) is 77.3 Å². The van der Waals surface area contributed by atoms with Crippen molar-refractivity contribution < 1.29 is 23.8 Å². The average Bonchev–Trinajstić information content (AvgIpc) is 2.65.